The number of aromatic nitrogens is 3. The van der Waals surface area contributed by atoms with E-state index in [1.807, 2.05) is 0 Å². The third-order valence-electron chi connectivity index (χ3n) is 2.31. The molecule has 2 rings (SSSR count). The van der Waals surface area contributed by atoms with E-state index >= 15 is 0 Å². The van der Waals surface area contributed by atoms with Crippen LogP contribution in [0.3, 0.4) is 0 Å². The van der Waals surface area contributed by atoms with Gasteiger partial charge in [-0.2, -0.15) is 13.2 Å². The molecule has 0 aliphatic carbocycles. The predicted molar refractivity (Wildman–Crippen MR) is 66.6 cm³/mol. The van der Waals surface area contributed by atoms with Crippen molar-refractivity contribution in [3.63, 3.8) is 0 Å². The van der Waals surface area contributed by atoms with Gasteiger partial charge < -0.3 is 5.73 Å². The third-order valence-corrected chi connectivity index (χ3v) is 3.28. The van der Waals surface area contributed by atoms with Crippen molar-refractivity contribution in [1.82, 2.24) is 15.0 Å². The zero-order valence-corrected chi connectivity index (χ0v) is 10.6. The van der Waals surface area contributed by atoms with Crippen LogP contribution in [-0.2, 0) is 12.7 Å². The van der Waals surface area contributed by atoms with Crippen molar-refractivity contribution < 1.29 is 13.2 Å². The van der Waals surface area contributed by atoms with E-state index < -0.39 is 11.7 Å². The van der Waals surface area contributed by atoms with Crippen LogP contribution in [0, 0.1) is 0 Å². The molecular weight excluding hydrogens is 277 g/mol. The van der Waals surface area contributed by atoms with Crippen LogP contribution in [-0.4, -0.2) is 20.7 Å². The first-order valence-electron chi connectivity index (χ1n) is 5.41. The van der Waals surface area contributed by atoms with Gasteiger partial charge in [-0.1, -0.05) is 11.3 Å². The van der Waals surface area contributed by atoms with Crippen LogP contribution in [0.1, 0.15) is 5.56 Å². The first-order valence-corrected chi connectivity index (χ1v) is 6.39. The fourth-order valence-electron chi connectivity index (χ4n) is 1.44. The van der Waals surface area contributed by atoms with Gasteiger partial charge in [0.2, 0.25) is 0 Å². The number of benzene rings is 1. The van der Waals surface area contributed by atoms with Gasteiger partial charge in [0.15, 0.2) is 5.82 Å². The van der Waals surface area contributed by atoms with Crippen LogP contribution < -0.4 is 5.73 Å². The Morgan fingerprint density at radius 2 is 2.11 bits per heavy atom. The molecule has 0 spiro atoms. The molecule has 0 fully saturated rings. The Bertz CT molecular complexity index is 553. The zero-order valence-electron chi connectivity index (χ0n) is 9.76. The Balaban J connectivity index is 1.93. The van der Waals surface area contributed by atoms with Crippen LogP contribution >= 0.6 is 11.8 Å². The van der Waals surface area contributed by atoms with E-state index in [-0.39, 0.29) is 0 Å². The Morgan fingerprint density at radius 1 is 1.32 bits per heavy atom. The number of hydrogen-bond donors (Lipinski definition) is 1. The van der Waals surface area contributed by atoms with Crippen LogP contribution in [0.4, 0.5) is 19.0 Å². The number of nitrogens with two attached hydrogens (primary N) is 1. The van der Waals surface area contributed by atoms with Gasteiger partial charge in [-0.3, -0.25) is 0 Å². The summed E-state index contributed by atoms with van der Waals surface area (Å²) in [6.07, 6.45) is -2.73. The lowest BCUT2D eigenvalue weighted by atomic mass is 10.2. The summed E-state index contributed by atoms with van der Waals surface area (Å²) in [5.74, 6) is 0.911. The second kappa shape index (κ2) is 5.52. The first-order chi connectivity index (χ1) is 8.95. The summed E-state index contributed by atoms with van der Waals surface area (Å²) in [6.45, 7) is 0.533. The highest BCUT2D eigenvalue weighted by Gasteiger charge is 2.30. The van der Waals surface area contributed by atoms with Crippen molar-refractivity contribution in [2.45, 2.75) is 17.6 Å². The predicted octanol–water partition coefficient (Wildman–Crippen LogP) is 2.67. The van der Waals surface area contributed by atoms with Gasteiger partial charge in [0.05, 0.1) is 18.3 Å². The van der Waals surface area contributed by atoms with Crippen LogP contribution in [0.25, 0.3) is 0 Å². The fraction of sp³-hybridized carbons (Fsp3) is 0.273. The van der Waals surface area contributed by atoms with E-state index in [2.05, 4.69) is 10.3 Å². The number of nitrogen functional groups attached to an aromatic ring is 1. The lowest BCUT2D eigenvalue weighted by Gasteiger charge is -2.08. The molecule has 0 radical (unpaired) electrons. The SMILES string of the molecule is Nc1cn(CCSc2cccc(C(F)(F)F)c2)nn1. The quantitative estimate of drug-likeness (QED) is 0.879. The minimum Gasteiger partial charge on any atom is -0.381 e. The maximum atomic E-state index is 12.5. The van der Waals surface area contributed by atoms with E-state index in [0.717, 1.165) is 12.1 Å². The molecule has 1 aromatic heterocycles. The minimum atomic E-state index is -4.31. The van der Waals surface area contributed by atoms with Gasteiger partial charge in [0, 0.05) is 10.6 Å². The number of alkyl halides is 3. The number of aryl methyl sites for hydroxylation is 1. The van der Waals surface area contributed by atoms with E-state index in [4.69, 9.17) is 5.73 Å². The highest BCUT2D eigenvalue weighted by Crippen LogP contribution is 2.31. The number of anilines is 1. The summed E-state index contributed by atoms with van der Waals surface area (Å²) in [4.78, 5) is 0.572. The first kappa shape index (κ1) is 13.7. The van der Waals surface area contributed by atoms with Crippen molar-refractivity contribution in [1.29, 1.82) is 0 Å². The molecule has 0 saturated carbocycles. The lowest BCUT2D eigenvalue weighted by molar-refractivity contribution is -0.137. The summed E-state index contributed by atoms with van der Waals surface area (Å²) in [6, 6.07) is 5.25. The van der Waals surface area contributed by atoms with E-state index in [1.54, 1.807) is 16.9 Å². The molecule has 2 N–H and O–H groups in total. The molecule has 1 heterocycles. The zero-order chi connectivity index (χ0) is 13.9. The third kappa shape index (κ3) is 3.88. The van der Waals surface area contributed by atoms with Gasteiger partial charge in [0.1, 0.15) is 0 Å². The Morgan fingerprint density at radius 3 is 2.74 bits per heavy atom. The Labute approximate surface area is 111 Å². The topological polar surface area (TPSA) is 56.7 Å². The molecule has 4 nitrogen and oxygen atoms in total. The highest BCUT2D eigenvalue weighted by atomic mass is 32.2. The molecule has 0 saturated heterocycles. The average Bonchev–Trinajstić information content (AvgIpc) is 2.74. The van der Waals surface area contributed by atoms with Gasteiger partial charge >= 0.3 is 6.18 Å². The van der Waals surface area contributed by atoms with Crippen LogP contribution in [0.5, 0.6) is 0 Å². The average molecular weight is 288 g/mol. The van der Waals surface area contributed by atoms with Gasteiger partial charge in [0.25, 0.3) is 0 Å². The fourth-order valence-corrected chi connectivity index (χ4v) is 2.34. The van der Waals surface area contributed by atoms with Crippen LogP contribution in [0.15, 0.2) is 35.4 Å². The number of hydrogen-bond acceptors (Lipinski definition) is 4. The Hall–Kier alpha value is -1.70. The maximum absolute atomic E-state index is 12.5. The smallest absolute Gasteiger partial charge is 0.381 e. The molecule has 19 heavy (non-hydrogen) atoms. The van der Waals surface area contributed by atoms with Crippen molar-refractivity contribution in [2.24, 2.45) is 0 Å². The van der Waals surface area contributed by atoms with Gasteiger partial charge in [-0.25, -0.2) is 4.68 Å². The summed E-state index contributed by atoms with van der Waals surface area (Å²) in [5.41, 5.74) is 4.77. The number of halogens is 3. The summed E-state index contributed by atoms with van der Waals surface area (Å²) in [5, 5.41) is 7.37. The molecular formula is C11H11F3N4S. The Kier molecular flexibility index (Phi) is 3.98. The molecule has 0 bridgehead atoms. The molecule has 102 valence electrons. The van der Waals surface area contributed by atoms with Crippen molar-refractivity contribution in [3.05, 3.63) is 36.0 Å². The number of thioether (sulfide) groups is 1. The maximum Gasteiger partial charge on any atom is 0.416 e. The van der Waals surface area contributed by atoms with Crippen molar-refractivity contribution in [2.75, 3.05) is 11.5 Å². The van der Waals surface area contributed by atoms with Crippen molar-refractivity contribution in [3.8, 4) is 0 Å². The second-order valence-electron chi connectivity index (χ2n) is 3.78. The molecule has 0 amide bonds. The number of rotatable bonds is 4. The summed E-state index contributed by atoms with van der Waals surface area (Å²) < 4.78 is 39.1. The summed E-state index contributed by atoms with van der Waals surface area (Å²) in [7, 11) is 0. The highest BCUT2D eigenvalue weighted by molar-refractivity contribution is 7.99. The largest absolute Gasteiger partial charge is 0.416 e. The molecule has 1 aromatic carbocycles. The molecule has 0 atom stereocenters. The van der Waals surface area contributed by atoms with Gasteiger partial charge in [-0.05, 0) is 18.2 Å². The van der Waals surface area contributed by atoms with E-state index in [9.17, 15) is 13.2 Å². The molecule has 8 heteroatoms. The number of nitrogens with zero attached hydrogens (tertiary/aromatic N) is 3. The van der Waals surface area contributed by atoms with Crippen LogP contribution in [0.2, 0.25) is 0 Å². The molecule has 0 unspecified atom stereocenters. The summed E-state index contributed by atoms with van der Waals surface area (Å²) >= 11 is 1.33. The normalized spacial score (nSPS) is 11.7. The van der Waals surface area contributed by atoms with Crippen molar-refractivity contribution >= 4 is 17.6 Å². The van der Waals surface area contributed by atoms with E-state index in [0.29, 0.717) is 23.0 Å². The standard InChI is InChI=1S/C11H11F3N4S/c12-11(13,14)8-2-1-3-9(6-8)19-5-4-18-7-10(15)16-17-18/h1-3,6-7H,4-5,15H2. The molecule has 0 aliphatic rings. The lowest BCUT2D eigenvalue weighted by Crippen LogP contribution is -2.05. The van der Waals surface area contributed by atoms with E-state index in [1.165, 1.54) is 17.8 Å². The second-order valence-corrected chi connectivity index (χ2v) is 4.95. The minimum absolute atomic E-state index is 0.323. The van der Waals surface area contributed by atoms with Gasteiger partial charge in [-0.15, -0.1) is 16.9 Å². The molecule has 2 aromatic rings. The molecule has 0 aliphatic heterocycles. The monoisotopic (exact) mass is 288 g/mol.